The summed E-state index contributed by atoms with van der Waals surface area (Å²) in [5, 5.41) is 17.2. The van der Waals surface area contributed by atoms with Gasteiger partial charge in [0.25, 0.3) is 11.8 Å². The van der Waals surface area contributed by atoms with Crippen molar-refractivity contribution in [3.63, 3.8) is 0 Å². The number of nitrogens with zero attached hydrogens (tertiary/aromatic N) is 4. The van der Waals surface area contributed by atoms with Crippen LogP contribution in [0.4, 0.5) is 32.0 Å². The highest BCUT2D eigenvalue weighted by Crippen LogP contribution is 2.44. The van der Waals surface area contributed by atoms with Crippen molar-refractivity contribution in [3.05, 3.63) is 23.2 Å². The third kappa shape index (κ3) is 4.80. The molecule has 1 unspecified atom stereocenters. The molecule has 4 bridgehead atoms. The standard InChI is InChI=1S/C21H23F6N5O3/c22-20(23,24)12-9-13(28)15-16-30-31-18(35-16)19(34,21(25,26)27)7-2-1-3-8-32(10-14(12)29-15)17(33)11-5-4-6-11/h9,11,34H,1-8,10,28H2. The van der Waals surface area contributed by atoms with Gasteiger partial charge >= 0.3 is 12.4 Å². The fourth-order valence-electron chi connectivity index (χ4n) is 4.18. The van der Waals surface area contributed by atoms with E-state index in [1.54, 1.807) is 0 Å². The Balaban J connectivity index is 1.83. The SMILES string of the molecule is Nc1cc(C(F)(F)F)c2nc1-c1nnc(o1)C(O)(C(F)(F)F)CCCCCN(C(=O)C1CCC1)C2. The number of nitrogens with two attached hydrogens (primary N) is 1. The number of aromatic nitrogens is 3. The van der Waals surface area contributed by atoms with E-state index >= 15 is 0 Å². The van der Waals surface area contributed by atoms with Crippen LogP contribution in [0.1, 0.15) is 62.1 Å². The Morgan fingerprint density at radius 2 is 1.83 bits per heavy atom. The number of rotatable bonds is 1. The molecule has 0 aromatic carbocycles. The lowest BCUT2D eigenvalue weighted by molar-refractivity contribution is -0.277. The monoisotopic (exact) mass is 507 g/mol. The van der Waals surface area contributed by atoms with Crippen LogP contribution in [0.5, 0.6) is 0 Å². The summed E-state index contributed by atoms with van der Waals surface area (Å²) >= 11 is 0. The first-order chi connectivity index (χ1) is 16.3. The molecule has 8 nitrogen and oxygen atoms in total. The highest BCUT2D eigenvalue weighted by atomic mass is 19.4. The van der Waals surface area contributed by atoms with Crippen molar-refractivity contribution in [2.24, 2.45) is 5.92 Å². The first kappa shape index (κ1) is 25.2. The summed E-state index contributed by atoms with van der Waals surface area (Å²) in [6.07, 6.45) is -8.47. The lowest BCUT2D eigenvalue weighted by Gasteiger charge is -2.32. The van der Waals surface area contributed by atoms with Crippen molar-refractivity contribution in [1.82, 2.24) is 20.1 Å². The number of carbonyl (C=O) groups excluding carboxylic acids is 1. The number of halogens is 6. The van der Waals surface area contributed by atoms with Crippen LogP contribution in [0.3, 0.4) is 0 Å². The number of amides is 1. The molecule has 2 aromatic heterocycles. The number of carbonyl (C=O) groups is 1. The van der Waals surface area contributed by atoms with Gasteiger partial charge in [-0.2, -0.15) is 26.3 Å². The summed E-state index contributed by atoms with van der Waals surface area (Å²) < 4.78 is 87.7. The van der Waals surface area contributed by atoms with E-state index < -0.39 is 65.3 Å². The van der Waals surface area contributed by atoms with E-state index in [0.717, 1.165) is 6.42 Å². The molecule has 1 atom stereocenters. The second-order valence-electron chi connectivity index (χ2n) is 8.89. The van der Waals surface area contributed by atoms with Gasteiger partial charge in [-0.15, -0.1) is 10.2 Å². The molecule has 4 rings (SSSR count). The van der Waals surface area contributed by atoms with E-state index in [1.165, 1.54) is 4.90 Å². The van der Waals surface area contributed by atoms with Crippen LogP contribution >= 0.6 is 0 Å². The minimum atomic E-state index is -5.16. The quantitative estimate of drug-likeness (QED) is 0.556. The van der Waals surface area contributed by atoms with E-state index in [1.807, 2.05) is 0 Å². The van der Waals surface area contributed by atoms with Gasteiger partial charge < -0.3 is 20.2 Å². The number of anilines is 1. The smallest absolute Gasteiger partial charge is 0.416 e. The van der Waals surface area contributed by atoms with Crippen molar-refractivity contribution < 1.29 is 40.7 Å². The largest absolute Gasteiger partial charge is 0.426 e. The predicted octanol–water partition coefficient (Wildman–Crippen LogP) is 4.19. The van der Waals surface area contributed by atoms with Crippen LogP contribution < -0.4 is 5.73 Å². The van der Waals surface area contributed by atoms with Crippen molar-refractivity contribution in [2.75, 3.05) is 12.3 Å². The molecule has 35 heavy (non-hydrogen) atoms. The molecule has 14 heteroatoms. The predicted molar refractivity (Wildman–Crippen MR) is 108 cm³/mol. The number of hydrogen-bond donors (Lipinski definition) is 2. The number of nitrogen functional groups attached to an aromatic ring is 1. The molecule has 0 spiro atoms. The molecule has 0 radical (unpaired) electrons. The zero-order valence-corrected chi connectivity index (χ0v) is 18.4. The molecule has 1 saturated carbocycles. The maximum Gasteiger partial charge on any atom is 0.426 e. The summed E-state index contributed by atoms with van der Waals surface area (Å²) in [7, 11) is 0. The molecular weight excluding hydrogens is 484 g/mol. The number of fused-ring (bicyclic) bond motifs is 5. The second-order valence-corrected chi connectivity index (χ2v) is 8.89. The van der Waals surface area contributed by atoms with Crippen LogP contribution in [0.15, 0.2) is 10.5 Å². The van der Waals surface area contributed by atoms with E-state index in [4.69, 9.17) is 10.2 Å². The molecule has 1 aliphatic carbocycles. The van der Waals surface area contributed by atoms with Crippen LogP contribution in [0.2, 0.25) is 0 Å². The number of hydrogen-bond acceptors (Lipinski definition) is 7. The van der Waals surface area contributed by atoms with Gasteiger partial charge in [-0.3, -0.25) is 4.79 Å². The van der Waals surface area contributed by atoms with Gasteiger partial charge in [-0.1, -0.05) is 12.8 Å². The second kappa shape index (κ2) is 8.95. The fraction of sp³-hybridized carbons (Fsp3) is 0.619. The van der Waals surface area contributed by atoms with Gasteiger partial charge in [0.1, 0.15) is 0 Å². The number of aliphatic hydroxyl groups is 1. The summed E-state index contributed by atoms with van der Waals surface area (Å²) in [4.78, 5) is 18.1. The van der Waals surface area contributed by atoms with Gasteiger partial charge in [0.15, 0.2) is 5.69 Å². The molecule has 192 valence electrons. The Kier molecular flexibility index (Phi) is 6.45. The Morgan fingerprint density at radius 1 is 1.11 bits per heavy atom. The lowest BCUT2D eigenvalue weighted by Crippen LogP contribution is -2.42. The van der Waals surface area contributed by atoms with Crippen molar-refractivity contribution >= 4 is 11.6 Å². The first-order valence-electron chi connectivity index (χ1n) is 11.1. The molecule has 1 aliphatic heterocycles. The van der Waals surface area contributed by atoms with E-state index in [2.05, 4.69) is 15.2 Å². The summed E-state index contributed by atoms with van der Waals surface area (Å²) in [6, 6.07) is 0.579. The van der Waals surface area contributed by atoms with Crippen molar-refractivity contribution in [3.8, 4) is 11.6 Å². The number of alkyl halides is 6. The topological polar surface area (TPSA) is 118 Å². The van der Waals surface area contributed by atoms with Gasteiger partial charge in [-0.25, -0.2) is 4.98 Å². The van der Waals surface area contributed by atoms with Gasteiger partial charge in [0.2, 0.25) is 11.5 Å². The van der Waals surface area contributed by atoms with E-state index in [0.29, 0.717) is 18.9 Å². The lowest BCUT2D eigenvalue weighted by atomic mass is 9.84. The highest BCUT2D eigenvalue weighted by molar-refractivity contribution is 5.79. The van der Waals surface area contributed by atoms with Gasteiger partial charge in [0, 0.05) is 12.5 Å². The highest BCUT2D eigenvalue weighted by Gasteiger charge is 2.58. The average Bonchev–Trinajstić information content (AvgIpc) is 3.20. The van der Waals surface area contributed by atoms with Crippen molar-refractivity contribution in [2.45, 2.75) is 69.4 Å². The molecule has 2 aromatic rings. The molecule has 3 N–H and O–H groups in total. The Labute approximate surface area is 195 Å². The third-order valence-electron chi connectivity index (χ3n) is 6.46. The van der Waals surface area contributed by atoms with E-state index in [9.17, 15) is 36.2 Å². The normalized spacial score (nSPS) is 22.4. The zero-order chi connectivity index (χ0) is 25.6. The van der Waals surface area contributed by atoms with Crippen molar-refractivity contribution in [1.29, 1.82) is 0 Å². The molecule has 2 aliphatic rings. The van der Waals surface area contributed by atoms with Crippen LogP contribution in [0, 0.1) is 5.92 Å². The Morgan fingerprint density at radius 3 is 2.43 bits per heavy atom. The fourth-order valence-corrected chi connectivity index (χ4v) is 4.18. The summed E-state index contributed by atoms with van der Waals surface area (Å²) in [5.74, 6) is -2.47. The number of pyridine rings is 1. The Hall–Kier alpha value is -2.90. The first-order valence-corrected chi connectivity index (χ1v) is 11.1. The Bertz CT molecular complexity index is 1100. The molecular formula is C21H23F6N5O3. The van der Waals surface area contributed by atoms with E-state index in [-0.39, 0.29) is 37.6 Å². The van der Waals surface area contributed by atoms with Crippen LogP contribution in [-0.2, 0) is 23.1 Å². The van der Waals surface area contributed by atoms with Crippen LogP contribution in [-0.4, -0.2) is 43.8 Å². The maximum absolute atomic E-state index is 13.8. The van der Waals surface area contributed by atoms with Crippen LogP contribution in [0.25, 0.3) is 11.6 Å². The zero-order valence-electron chi connectivity index (χ0n) is 18.4. The third-order valence-corrected chi connectivity index (χ3v) is 6.46. The minimum Gasteiger partial charge on any atom is -0.416 e. The average molecular weight is 507 g/mol. The van der Waals surface area contributed by atoms with Gasteiger partial charge in [0.05, 0.1) is 23.5 Å². The summed E-state index contributed by atoms with van der Waals surface area (Å²) in [5.41, 5.74) is -0.474. The molecule has 0 saturated heterocycles. The van der Waals surface area contributed by atoms with Gasteiger partial charge in [-0.05, 0) is 38.2 Å². The summed E-state index contributed by atoms with van der Waals surface area (Å²) in [6.45, 7) is -0.443. The maximum atomic E-state index is 13.8. The molecule has 1 amide bonds. The molecule has 1 fully saturated rings. The minimum absolute atomic E-state index is 0.0247. The molecule has 3 heterocycles.